The van der Waals surface area contributed by atoms with E-state index in [1.807, 2.05) is 42.7 Å². The highest BCUT2D eigenvalue weighted by Crippen LogP contribution is 2.43. The van der Waals surface area contributed by atoms with Gasteiger partial charge in [0.25, 0.3) is 0 Å². The molecule has 0 aliphatic carbocycles. The van der Waals surface area contributed by atoms with Crippen molar-refractivity contribution in [1.29, 1.82) is 0 Å². The summed E-state index contributed by atoms with van der Waals surface area (Å²) in [6.07, 6.45) is 11.7. The molecule has 6 nitrogen and oxygen atoms in total. The first-order valence-electron chi connectivity index (χ1n) is 13.0. The van der Waals surface area contributed by atoms with Crippen LogP contribution >= 0.6 is 0 Å². The van der Waals surface area contributed by atoms with Gasteiger partial charge in [-0.2, -0.15) is 0 Å². The van der Waals surface area contributed by atoms with Crippen molar-refractivity contribution < 1.29 is 9.53 Å². The van der Waals surface area contributed by atoms with E-state index in [4.69, 9.17) is 4.74 Å². The smallest absolute Gasteiger partial charge is 0.224 e. The lowest BCUT2D eigenvalue weighted by atomic mass is 9.69. The summed E-state index contributed by atoms with van der Waals surface area (Å²) in [4.78, 5) is 22.6. The predicted octanol–water partition coefficient (Wildman–Crippen LogP) is 4.57. The summed E-state index contributed by atoms with van der Waals surface area (Å²) in [5, 5.41) is 3.05. The van der Waals surface area contributed by atoms with Gasteiger partial charge in [0.1, 0.15) is 5.75 Å². The molecule has 3 aliphatic heterocycles. The monoisotopic (exact) mass is 462 g/mol. The summed E-state index contributed by atoms with van der Waals surface area (Å²) >= 11 is 0. The van der Waals surface area contributed by atoms with Gasteiger partial charge in [-0.05, 0) is 87.2 Å². The number of anilines is 1. The van der Waals surface area contributed by atoms with E-state index in [0.29, 0.717) is 18.4 Å². The molecule has 0 radical (unpaired) electrons. The van der Waals surface area contributed by atoms with Crippen molar-refractivity contribution in [3.63, 3.8) is 0 Å². The third kappa shape index (κ3) is 5.28. The summed E-state index contributed by atoms with van der Waals surface area (Å²) in [5.41, 5.74) is 2.10. The Morgan fingerprint density at radius 2 is 2.06 bits per heavy atom. The highest BCUT2D eigenvalue weighted by atomic mass is 16.5. The molecule has 6 heteroatoms. The molecule has 0 bridgehead atoms. The number of nitrogens with one attached hydrogen (secondary N) is 1. The van der Waals surface area contributed by atoms with Crippen molar-refractivity contribution in [2.24, 2.45) is 11.8 Å². The summed E-state index contributed by atoms with van der Waals surface area (Å²) in [6, 6.07) is 13.1. The third-order valence-corrected chi connectivity index (χ3v) is 8.14. The molecule has 4 heterocycles. The van der Waals surface area contributed by atoms with Crippen LogP contribution in [0.5, 0.6) is 5.75 Å². The maximum absolute atomic E-state index is 12.7. The highest BCUT2D eigenvalue weighted by Gasteiger charge is 2.48. The Labute approximate surface area is 203 Å². The van der Waals surface area contributed by atoms with Gasteiger partial charge >= 0.3 is 0 Å². The number of hydrogen-bond acceptors (Lipinski definition) is 5. The van der Waals surface area contributed by atoms with Crippen LogP contribution in [-0.2, 0) is 11.3 Å². The molecular formula is C28H38N4O2. The number of carbonyl (C=O) groups is 1. The van der Waals surface area contributed by atoms with Crippen molar-refractivity contribution in [2.45, 2.75) is 63.6 Å². The molecule has 3 fully saturated rings. The van der Waals surface area contributed by atoms with E-state index in [0.717, 1.165) is 42.8 Å². The van der Waals surface area contributed by atoms with Gasteiger partial charge in [0.2, 0.25) is 5.91 Å². The fraction of sp³-hybridized carbons (Fsp3) is 0.571. The van der Waals surface area contributed by atoms with Crippen LogP contribution in [0.15, 0.2) is 48.8 Å². The zero-order chi connectivity index (χ0) is 23.3. The second-order valence-corrected chi connectivity index (χ2v) is 10.3. The Morgan fingerprint density at radius 3 is 2.88 bits per heavy atom. The van der Waals surface area contributed by atoms with Crippen LogP contribution in [-0.4, -0.2) is 59.5 Å². The quantitative estimate of drug-likeness (QED) is 0.623. The summed E-state index contributed by atoms with van der Waals surface area (Å²) in [7, 11) is 1.64. The van der Waals surface area contributed by atoms with E-state index in [9.17, 15) is 4.79 Å². The van der Waals surface area contributed by atoms with Crippen molar-refractivity contribution in [3.8, 4) is 5.75 Å². The largest absolute Gasteiger partial charge is 0.497 e. The number of likely N-dealkylation sites (tertiary alicyclic amines) is 1. The Morgan fingerprint density at radius 1 is 1.18 bits per heavy atom. The molecule has 0 saturated carbocycles. The topological polar surface area (TPSA) is 57.7 Å². The van der Waals surface area contributed by atoms with Gasteiger partial charge in [0.15, 0.2) is 0 Å². The number of benzene rings is 1. The molecule has 1 N–H and O–H groups in total. The van der Waals surface area contributed by atoms with Crippen LogP contribution in [0, 0.1) is 11.8 Å². The Balaban J connectivity index is 1.25. The SMILES string of the molecule is COc1cccc(NC(=O)CCC[C@@H]2[C@H]3CCCN4CCC[C@@H](CN2Cc2cccnc2)[C@@H]34)c1. The van der Waals surface area contributed by atoms with E-state index in [1.54, 1.807) is 7.11 Å². The second kappa shape index (κ2) is 10.9. The van der Waals surface area contributed by atoms with Crippen molar-refractivity contribution in [3.05, 3.63) is 54.4 Å². The number of carbonyl (C=O) groups excluding carboxylic acids is 1. The number of methoxy groups -OCH3 is 1. The highest BCUT2D eigenvalue weighted by molar-refractivity contribution is 5.90. The molecule has 4 atom stereocenters. The van der Waals surface area contributed by atoms with Crippen LogP contribution in [0.25, 0.3) is 0 Å². The third-order valence-electron chi connectivity index (χ3n) is 8.14. The molecule has 1 aromatic heterocycles. The molecule has 2 aromatic rings. The van der Waals surface area contributed by atoms with Gasteiger partial charge < -0.3 is 10.1 Å². The van der Waals surface area contributed by atoms with Crippen LogP contribution in [0.3, 0.4) is 0 Å². The van der Waals surface area contributed by atoms with Gasteiger partial charge in [0, 0.05) is 55.7 Å². The van der Waals surface area contributed by atoms with Gasteiger partial charge in [-0.1, -0.05) is 12.1 Å². The maximum Gasteiger partial charge on any atom is 0.224 e. The molecular weight excluding hydrogens is 424 g/mol. The number of piperidine rings is 3. The Hall–Kier alpha value is -2.44. The molecule has 5 rings (SSSR count). The summed E-state index contributed by atoms with van der Waals surface area (Å²) in [5.74, 6) is 2.34. The molecule has 182 valence electrons. The minimum atomic E-state index is 0.0867. The Kier molecular flexibility index (Phi) is 7.45. The first-order valence-corrected chi connectivity index (χ1v) is 13.0. The van der Waals surface area contributed by atoms with E-state index < -0.39 is 0 Å². The minimum Gasteiger partial charge on any atom is -0.497 e. The van der Waals surface area contributed by atoms with Crippen molar-refractivity contribution >= 4 is 11.6 Å². The van der Waals surface area contributed by atoms with Crippen LogP contribution in [0.2, 0.25) is 0 Å². The first-order chi connectivity index (χ1) is 16.7. The first kappa shape index (κ1) is 23.3. The van der Waals surface area contributed by atoms with E-state index in [2.05, 4.69) is 26.2 Å². The van der Waals surface area contributed by atoms with E-state index >= 15 is 0 Å². The fourth-order valence-electron chi connectivity index (χ4n) is 6.78. The average molecular weight is 463 g/mol. The second-order valence-electron chi connectivity index (χ2n) is 10.3. The number of rotatable bonds is 8. The molecule has 1 amide bonds. The summed E-state index contributed by atoms with van der Waals surface area (Å²) < 4.78 is 5.27. The van der Waals surface area contributed by atoms with Crippen LogP contribution in [0.1, 0.15) is 50.5 Å². The number of pyridine rings is 1. The molecule has 34 heavy (non-hydrogen) atoms. The number of hydrogen-bond donors (Lipinski definition) is 1. The fourth-order valence-corrected chi connectivity index (χ4v) is 6.78. The number of nitrogens with zero attached hydrogens (tertiary/aromatic N) is 3. The number of amides is 1. The Bertz CT molecular complexity index is 950. The minimum absolute atomic E-state index is 0.0867. The standard InChI is InChI=1S/C28H38N4O2/c1-34-24-10-2-9-23(17-24)30-27(33)13-3-12-26-25-11-6-16-31-15-5-8-22(28(25)31)20-32(26)19-21-7-4-14-29-18-21/h2,4,7,9-10,14,17-18,22,25-26,28H,3,5-6,8,11-13,15-16,19-20H2,1H3,(H,30,33)/t22-,25+,26+,28-/m0/s1. The predicted molar refractivity (Wildman–Crippen MR) is 135 cm³/mol. The van der Waals surface area contributed by atoms with Crippen LogP contribution in [0.4, 0.5) is 5.69 Å². The molecule has 3 saturated heterocycles. The van der Waals surface area contributed by atoms with Crippen molar-refractivity contribution in [1.82, 2.24) is 14.8 Å². The van der Waals surface area contributed by atoms with Gasteiger partial charge in [-0.3, -0.25) is 19.6 Å². The van der Waals surface area contributed by atoms with Gasteiger partial charge in [-0.15, -0.1) is 0 Å². The molecule has 0 unspecified atom stereocenters. The molecule has 1 aromatic carbocycles. The lowest BCUT2D eigenvalue weighted by Gasteiger charge is -2.57. The van der Waals surface area contributed by atoms with Gasteiger partial charge in [-0.25, -0.2) is 0 Å². The zero-order valence-corrected chi connectivity index (χ0v) is 20.4. The lowest BCUT2D eigenvalue weighted by molar-refractivity contribution is -0.116. The van der Waals surface area contributed by atoms with Gasteiger partial charge in [0.05, 0.1) is 7.11 Å². The van der Waals surface area contributed by atoms with E-state index in [1.165, 1.54) is 50.9 Å². The molecule has 0 spiro atoms. The lowest BCUT2D eigenvalue weighted by Crippen LogP contribution is -2.64. The van der Waals surface area contributed by atoms with Crippen LogP contribution < -0.4 is 10.1 Å². The zero-order valence-electron chi connectivity index (χ0n) is 20.4. The maximum atomic E-state index is 12.7. The number of aromatic nitrogens is 1. The average Bonchev–Trinajstić information content (AvgIpc) is 2.87. The van der Waals surface area contributed by atoms with E-state index in [-0.39, 0.29) is 5.91 Å². The summed E-state index contributed by atoms with van der Waals surface area (Å²) in [6.45, 7) is 4.69. The molecule has 3 aliphatic rings. The van der Waals surface area contributed by atoms with Crippen molar-refractivity contribution in [2.75, 3.05) is 32.1 Å². The number of ether oxygens (including phenoxy) is 1. The normalized spacial score (nSPS) is 27.1.